The van der Waals surface area contributed by atoms with Crippen molar-refractivity contribution in [3.05, 3.63) is 35.2 Å². The van der Waals surface area contributed by atoms with E-state index in [2.05, 4.69) is 37.6 Å². The lowest BCUT2D eigenvalue weighted by Crippen LogP contribution is -2.48. The molecule has 2 saturated heterocycles. The van der Waals surface area contributed by atoms with E-state index in [-0.39, 0.29) is 28.9 Å². The molecule has 12 heteroatoms. The highest BCUT2D eigenvalue weighted by Gasteiger charge is 2.37. The first-order valence-electron chi connectivity index (χ1n) is 12.5. The molecule has 37 heavy (non-hydrogen) atoms. The Morgan fingerprint density at radius 1 is 1.14 bits per heavy atom. The summed E-state index contributed by atoms with van der Waals surface area (Å²) in [7, 11) is -2.41. The van der Waals surface area contributed by atoms with Crippen LogP contribution in [-0.2, 0) is 15.9 Å². The van der Waals surface area contributed by atoms with Crippen LogP contribution in [-0.4, -0.2) is 71.7 Å². The van der Waals surface area contributed by atoms with Crippen molar-refractivity contribution in [3.8, 4) is 10.6 Å². The number of anilines is 1. The standard InChI is InChI=1S/C25H35F3N6OS2/c1-16(2)23-29-15-21(36-23)22-20(25(26,27)28)14-30-24(32-22)31-18-6-12-34(13-7-18)37(5,35)19-8-10-33(11-9-19)17(3)4/h14-16,18-19H,3,5-13H2,1-2,4H3,(H,30,31,32). The monoisotopic (exact) mass is 556 g/mol. The smallest absolute Gasteiger partial charge is 0.375 e. The third-order valence-electron chi connectivity index (χ3n) is 7.07. The van der Waals surface area contributed by atoms with Crippen LogP contribution in [0.4, 0.5) is 19.1 Å². The van der Waals surface area contributed by atoms with Crippen molar-refractivity contribution in [2.24, 2.45) is 0 Å². The predicted molar refractivity (Wildman–Crippen MR) is 145 cm³/mol. The van der Waals surface area contributed by atoms with E-state index in [1.807, 2.05) is 25.1 Å². The van der Waals surface area contributed by atoms with Gasteiger partial charge in [-0.1, -0.05) is 20.4 Å². The molecular weight excluding hydrogens is 521 g/mol. The highest BCUT2D eigenvalue weighted by molar-refractivity contribution is 7.98. The van der Waals surface area contributed by atoms with Gasteiger partial charge >= 0.3 is 6.18 Å². The average molecular weight is 557 g/mol. The molecule has 0 radical (unpaired) electrons. The van der Waals surface area contributed by atoms with Crippen molar-refractivity contribution in [1.29, 1.82) is 0 Å². The largest absolute Gasteiger partial charge is 0.420 e. The van der Waals surface area contributed by atoms with Gasteiger partial charge in [-0.25, -0.2) is 19.3 Å². The number of nitrogens with one attached hydrogen (secondary N) is 1. The number of hydrogen-bond acceptors (Lipinski definition) is 7. The summed E-state index contributed by atoms with van der Waals surface area (Å²) in [5, 5.41) is 4.01. The summed E-state index contributed by atoms with van der Waals surface area (Å²) in [5.41, 5.74) is 0.000260. The molecule has 204 valence electrons. The second-order valence-electron chi connectivity index (χ2n) is 10.1. The minimum absolute atomic E-state index is 0.0333. The number of piperidine rings is 2. The molecule has 4 heterocycles. The van der Waals surface area contributed by atoms with E-state index in [4.69, 9.17) is 0 Å². The number of alkyl halides is 3. The average Bonchev–Trinajstić information content (AvgIpc) is 3.34. The first-order valence-corrected chi connectivity index (χ1v) is 15.1. The molecule has 1 unspecified atom stereocenters. The molecule has 0 aromatic carbocycles. The molecule has 1 N–H and O–H groups in total. The first kappa shape index (κ1) is 27.8. The van der Waals surface area contributed by atoms with Crippen LogP contribution in [0.25, 0.3) is 10.6 Å². The fraction of sp³-hybridized carbons (Fsp3) is 0.600. The van der Waals surface area contributed by atoms with E-state index in [1.54, 1.807) is 0 Å². The number of thiazole rings is 1. The minimum Gasteiger partial charge on any atom is -0.375 e. The lowest BCUT2D eigenvalue weighted by molar-refractivity contribution is -0.137. The molecule has 0 aliphatic carbocycles. The van der Waals surface area contributed by atoms with Crippen LogP contribution in [0.3, 0.4) is 0 Å². The van der Waals surface area contributed by atoms with Gasteiger partial charge in [-0.05, 0) is 38.5 Å². The Hall–Kier alpha value is -2.18. The molecule has 2 aliphatic heterocycles. The lowest BCUT2D eigenvalue weighted by Gasteiger charge is -2.41. The van der Waals surface area contributed by atoms with Gasteiger partial charge in [0, 0.05) is 71.2 Å². The molecule has 4 rings (SSSR count). The van der Waals surface area contributed by atoms with E-state index < -0.39 is 21.4 Å². The Kier molecular flexibility index (Phi) is 8.20. The van der Waals surface area contributed by atoms with Gasteiger partial charge in [0.15, 0.2) is 0 Å². The SMILES string of the molecule is C=C(C)N1CCC(S(=C)(=O)N2CCC(Nc3ncc(C(F)(F)F)c(-c4cnc(C(C)C)s4)n3)CC2)CC1. The topological polar surface area (TPSA) is 74.2 Å². The van der Waals surface area contributed by atoms with E-state index in [0.717, 1.165) is 42.8 Å². The molecule has 0 saturated carbocycles. The molecule has 0 amide bonds. The van der Waals surface area contributed by atoms with Crippen LogP contribution in [0, 0.1) is 0 Å². The van der Waals surface area contributed by atoms with Crippen molar-refractivity contribution in [3.63, 3.8) is 0 Å². The van der Waals surface area contributed by atoms with Crippen molar-refractivity contribution in [2.75, 3.05) is 31.5 Å². The number of halogens is 3. The zero-order chi connectivity index (χ0) is 27.0. The molecule has 0 bridgehead atoms. The predicted octanol–water partition coefficient (Wildman–Crippen LogP) is 5.25. The van der Waals surface area contributed by atoms with Crippen molar-refractivity contribution >= 4 is 32.9 Å². The van der Waals surface area contributed by atoms with Crippen LogP contribution in [0.2, 0.25) is 0 Å². The van der Waals surface area contributed by atoms with E-state index in [1.165, 1.54) is 17.5 Å². The number of likely N-dealkylation sites (tertiary alicyclic amines) is 1. The van der Waals surface area contributed by atoms with Crippen LogP contribution in [0.5, 0.6) is 0 Å². The van der Waals surface area contributed by atoms with Gasteiger partial charge in [0.1, 0.15) is 5.56 Å². The Morgan fingerprint density at radius 3 is 2.32 bits per heavy atom. The Bertz CT molecular complexity index is 1210. The maximum absolute atomic E-state index is 13.7. The van der Waals surface area contributed by atoms with Crippen LogP contribution in [0.15, 0.2) is 24.7 Å². The fourth-order valence-corrected chi connectivity index (χ4v) is 7.94. The zero-order valence-corrected chi connectivity index (χ0v) is 23.2. The highest BCUT2D eigenvalue weighted by atomic mass is 32.2. The maximum atomic E-state index is 13.7. The Morgan fingerprint density at radius 2 is 1.78 bits per heavy atom. The Labute approximate surface area is 221 Å². The third-order valence-corrected chi connectivity index (χ3v) is 11.1. The van der Waals surface area contributed by atoms with E-state index in [0.29, 0.717) is 30.8 Å². The first-order chi connectivity index (χ1) is 17.4. The van der Waals surface area contributed by atoms with Crippen molar-refractivity contribution in [2.45, 2.75) is 69.8 Å². The number of nitrogens with zero attached hydrogens (tertiary/aromatic N) is 5. The summed E-state index contributed by atoms with van der Waals surface area (Å²) in [6.07, 6.45) is 0.720. The molecule has 1 atom stereocenters. The second kappa shape index (κ2) is 10.9. The molecule has 0 spiro atoms. The molecule has 2 aliphatic rings. The highest BCUT2D eigenvalue weighted by Crippen LogP contribution is 2.39. The van der Waals surface area contributed by atoms with Gasteiger partial charge in [-0.15, -0.1) is 11.3 Å². The van der Waals surface area contributed by atoms with Crippen molar-refractivity contribution in [1.82, 2.24) is 24.2 Å². The van der Waals surface area contributed by atoms with Crippen LogP contribution >= 0.6 is 11.3 Å². The molecule has 7 nitrogen and oxygen atoms in total. The van der Waals surface area contributed by atoms with Gasteiger partial charge < -0.3 is 10.2 Å². The second-order valence-corrected chi connectivity index (χ2v) is 13.8. The van der Waals surface area contributed by atoms with Crippen molar-refractivity contribution < 1.29 is 17.4 Å². The third kappa shape index (κ3) is 6.28. The van der Waals surface area contributed by atoms with Gasteiger partial charge in [0.05, 0.1) is 15.6 Å². The zero-order valence-electron chi connectivity index (χ0n) is 21.6. The fourth-order valence-electron chi connectivity index (χ4n) is 4.82. The molecular formula is C25H35F3N6OS2. The van der Waals surface area contributed by atoms with E-state index >= 15 is 0 Å². The van der Waals surface area contributed by atoms with Crippen LogP contribution < -0.4 is 5.32 Å². The normalized spacial score (nSPS) is 20.2. The van der Waals surface area contributed by atoms with Gasteiger partial charge in [-0.2, -0.15) is 13.2 Å². The summed E-state index contributed by atoms with van der Waals surface area (Å²) in [6.45, 7) is 12.8. The summed E-state index contributed by atoms with van der Waals surface area (Å²) >= 11 is 1.21. The number of rotatable bonds is 7. The van der Waals surface area contributed by atoms with Gasteiger partial charge in [-0.3, -0.25) is 4.21 Å². The molecule has 2 fully saturated rings. The van der Waals surface area contributed by atoms with Crippen LogP contribution in [0.1, 0.15) is 62.9 Å². The van der Waals surface area contributed by atoms with Gasteiger partial charge in [0.2, 0.25) is 5.95 Å². The molecule has 2 aromatic rings. The Balaban J connectivity index is 1.42. The number of aromatic nitrogens is 3. The number of hydrogen-bond donors (Lipinski definition) is 1. The summed E-state index contributed by atoms with van der Waals surface area (Å²) in [6, 6.07) is -0.0333. The minimum atomic E-state index is -4.57. The van der Waals surface area contributed by atoms with E-state index in [9.17, 15) is 17.4 Å². The maximum Gasteiger partial charge on any atom is 0.420 e. The lowest BCUT2D eigenvalue weighted by atomic mass is 10.1. The summed E-state index contributed by atoms with van der Waals surface area (Å²) in [4.78, 5) is 15.1. The van der Waals surface area contributed by atoms with Gasteiger partial charge in [0.25, 0.3) is 0 Å². The number of allylic oxidation sites excluding steroid dienone is 1. The summed E-state index contributed by atoms with van der Waals surface area (Å²) < 4.78 is 56.7. The quantitative estimate of drug-likeness (QED) is 0.470. The summed E-state index contributed by atoms with van der Waals surface area (Å²) in [5.74, 6) is 4.41. The molecule has 2 aromatic heterocycles.